The Hall–Kier alpha value is -2.83. The van der Waals surface area contributed by atoms with Gasteiger partial charge in [-0.15, -0.1) is 0 Å². The molecule has 3 aromatic rings. The average Bonchev–Trinajstić information content (AvgIpc) is 3.06. The quantitative estimate of drug-likeness (QED) is 0.713. The van der Waals surface area contributed by atoms with Crippen LogP contribution in [-0.2, 0) is 11.2 Å². The van der Waals surface area contributed by atoms with E-state index in [-0.39, 0.29) is 11.5 Å². The van der Waals surface area contributed by atoms with E-state index in [1.165, 1.54) is 7.11 Å². The van der Waals surface area contributed by atoms with Crippen LogP contribution in [0.25, 0.3) is 17.0 Å². The number of para-hydroxylation sites is 2. The van der Waals surface area contributed by atoms with Crippen molar-refractivity contribution in [2.45, 2.75) is 13.3 Å². The lowest BCUT2D eigenvalue weighted by molar-refractivity contribution is 0.0596. The van der Waals surface area contributed by atoms with Gasteiger partial charge in [-0.2, -0.15) is 0 Å². The first-order valence-electron chi connectivity index (χ1n) is 6.56. The summed E-state index contributed by atoms with van der Waals surface area (Å²) < 4.78 is 6.34. The van der Waals surface area contributed by atoms with Gasteiger partial charge >= 0.3 is 5.97 Å². The number of nitrogen functional groups attached to an aromatic ring is 1. The Morgan fingerprint density at radius 3 is 2.81 bits per heavy atom. The molecule has 2 aromatic heterocycles. The summed E-state index contributed by atoms with van der Waals surface area (Å²) in [6.45, 7) is 1.93. The van der Waals surface area contributed by atoms with E-state index in [9.17, 15) is 4.79 Å². The minimum absolute atomic E-state index is 0.106. The van der Waals surface area contributed by atoms with Crippen molar-refractivity contribution in [3.63, 3.8) is 0 Å². The number of H-pyrrole nitrogens is 1. The molecule has 0 saturated carbocycles. The number of carbonyl (C=O) groups is 1. The molecule has 21 heavy (non-hydrogen) atoms. The Morgan fingerprint density at radius 2 is 2.14 bits per heavy atom. The van der Waals surface area contributed by atoms with Gasteiger partial charge in [0.1, 0.15) is 11.6 Å². The van der Waals surface area contributed by atoms with Gasteiger partial charge in [0.2, 0.25) is 5.95 Å². The van der Waals surface area contributed by atoms with Gasteiger partial charge in [0.25, 0.3) is 0 Å². The van der Waals surface area contributed by atoms with Crippen molar-refractivity contribution >= 4 is 22.8 Å². The number of rotatable bonds is 3. The number of benzene rings is 1. The molecule has 0 aliphatic rings. The Morgan fingerprint density at radius 1 is 1.38 bits per heavy atom. The predicted octanol–water partition coefficient (Wildman–Crippen LogP) is 1.68. The fraction of sp³-hybridized carbons (Fsp3) is 0.214. The smallest absolute Gasteiger partial charge is 0.360 e. The standard InChI is InChI=1S/C14H15N5O2/c1-3-10-18-11(13(20)21-2)12(15)19(10)14-16-8-6-4-5-7-9(8)17-14/h4-7H,3,15H2,1-2H3,(H,16,17). The number of esters is 1. The highest BCUT2D eigenvalue weighted by Crippen LogP contribution is 2.22. The van der Waals surface area contributed by atoms with Gasteiger partial charge in [0, 0.05) is 6.42 Å². The second-order valence-electron chi connectivity index (χ2n) is 4.52. The zero-order valence-electron chi connectivity index (χ0n) is 11.8. The zero-order valence-corrected chi connectivity index (χ0v) is 11.8. The second kappa shape index (κ2) is 4.93. The number of ether oxygens (including phenoxy) is 1. The molecule has 7 heteroatoms. The van der Waals surface area contributed by atoms with Gasteiger partial charge in [0.15, 0.2) is 5.69 Å². The van der Waals surface area contributed by atoms with Crippen LogP contribution in [0.5, 0.6) is 0 Å². The van der Waals surface area contributed by atoms with Crippen molar-refractivity contribution < 1.29 is 9.53 Å². The van der Waals surface area contributed by atoms with Crippen LogP contribution in [0.2, 0.25) is 0 Å². The summed E-state index contributed by atoms with van der Waals surface area (Å²) in [5.74, 6) is 0.843. The van der Waals surface area contributed by atoms with Crippen LogP contribution in [0.1, 0.15) is 23.2 Å². The first kappa shape index (κ1) is 13.2. The van der Waals surface area contributed by atoms with Crippen LogP contribution < -0.4 is 5.73 Å². The number of aromatic nitrogens is 4. The van der Waals surface area contributed by atoms with E-state index in [0.717, 1.165) is 11.0 Å². The first-order chi connectivity index (χ1) is 10.2. The van der Waals surface area contributed by atoms with Gasteiger partial charge in [-0.3, -0.25) is 4.57 Å². The fourth-order valence-corrected chi connectivity index (χ4v) is 2.25. The maximum absolute atomic E-state index is 11.7. The topological polar surface area (TPSA) is 98.8 Å². The predicted molar refractivity (Wildman–Crippen MR) is 78.3 cm³/mol. The van der Waals surface area contributed by atoms with Crippen molar-refractivity contribution in [2.75, 3.05) is 12.8 Å². The van der Waals surface area contributed by atoms with E-state index in [4.69, 9.17) is 10.5 Å². The summed E-state index contributed by atoms with van der Waals surface area (Å²) in [6.07, 6.45) is 0.609. The molecule has 0 atom stereocenters. The molecule has 7 nitrogen and oxygen atoms in total. The fourth-order valence-electron chi connectivity index (χ4n) is 2.25. The highest BCUT2D eigenvalue weighted by Gasteiger charge is 2.22. The average molecular weight is 285 g/mol. The monoisotopic (exact) mass is 285 g/mol. The normalized spacial score (nSPS) is 11.0. The van der Waals surface area contributed by atoms with Gasteiger partial charge in [0.05, 0.1) is 18.1 Å². The molecular weight excluding hydrogens is 270 g/mol. The molecule has 0 radical (unpaired) electrons. The van der Waals surface area contributed by atoms with Crippen LogP contribution in [0.15, 0.2) is 24.3 Å². The molecule has 0 fully saturated rings. The molecule has 3 N–H and O–H groups in total. The second-order valence-corrected chi connectivity index (χ2v) is 4.52. The third kappa shape index (κ3) is 2.03. The molecule has 1 aromatic carbocycles. The highest BCUT2D eigenvalue weighted by molar-refractivity contribution is 5.92. The van der Waals surface area contributed by atoms with Crippen LogP contribution in [0, 0.1) is 0 Å². The summed E-state index contributed by atoms with van der Waals surface area (Å²) >= 11 is 0. The van der Waals surface area contributed by atoms with Crippen LogP contribution in [0.4, 0.5) is 5.82 Å². The van der Waals surface area contributed by atoms with Crippen LogP contribution >= 0.6 is 0 Å². The maximum atomic E-state index is 11.7. The molecule has 108 valence electrons. The summed E-state index contributed by atoms with van der Waals surface area (Å²) in [6, 6.07) is 7.65. The number of nitrogens with two attached hydrogens (primary N) is 1. The number of carbonyl (C=O) groups excluding carboxylic acids is 1. The van der Waals surface area contributed by atoms with E-state index in [2.05, 4.69) is 15.0 Å². The zero-order chi connectivity index (χ0) is 15.0. The Bertz CT molecular complexity index is 785. The number of fused-ring (bicyclic) bond motifs is 1. The lowest BCUT2D eigenvalue weighted by atomic mass is 10.3. The number of nitrogens with zero attached hydrogens (tertiary/aromatic N) is 3. The SMILES string of the molecule is CCc1nc(C(=O)OC)c(N)n1-c1nc2ccccc2[nH]1. The molecule has 0 spiro atoms. The van der Waals surface area contributed by atoms with Gasteiger partial charge < -0.3 is 15.5 Å². The number of methoxy groups -OCH3 is 1. The molecule has 3 rings (SSSR count). The van der Waals surface area contributed by atoms with E-state index >= 15 is 0 Å². The number of aryl methyl sites for hydroxylation is 1. The van der Waals surface area contributed by atoms with E-state index in [1.807, 2.05) is 31.2 Å². The molecule has 0 unspecified atom stereocenters. The van der Waals surface area contributed by atoms with Crippen molar-refractivity contribution in [3.8, 4) is 5.95 Å². The number of hydrogen-bond acceptors (Lipinski definition) is 5. The third-order valence-electron chi connectivity index (χ3n) is 3.27. The number of aromatic amines is 1. The summed E-state index contributed by atoms with van der Waals surface area (Å²) in [5.41, 5.74) is 7.87. The molecule has 0 amide bonds. The Balaban J connectivity index is 2.21. The highest BCUT2D eigenvalue weighted by atomic mass is 16.5. The number of imidazole rings is 2. The molecule has 2 heterocycles. The summed E-state index contributed by atoms with van der Waals surface area (Å²) in [7, 11) is 1.30. The lowest BCUT2D eigenvalue weighted by Crippen LogP contribution is -2.08. The molecule has 0 saturated heterocycles. The van der Waals surface area contributed by atoms with E-state index in [0.29, 0.717) is 18.2 Å². The van der Waals surface area contributed by atoms with Gasteiger partial charge in [-0.25, -0.2) is 14.8 Å². The minimum atomic E-state index is -0.558. The van der Waals surface area contributed by atoms with Crippen molar-refractivity contribution in [3.05, 3.63) is 35.8 Å². The number of hydrogen-bond donors (Lipinski definition) is 2. The molecular formula is C14H15N5O2. The Kier molecular flexibility index (Phi) is 3.09. The lowest BCUT2D eigenvalue weighted by Gasteiger charge is -2.04. The van der Waals surface area contributed by atoms with Crippen molar-refractivity contribution in [1.82, 2.24) is 19.5 Å². The van der Waals surface area contributed by atoms with E-state index in [1.54, 1.807) is 4.57 Å². The van der Waals surface area contributed by atoms with Gasteiger partial charge in [-0.05, 0) is 12.1 Å². The Labute approximate surface area is 120 Å². The van der Waals surface area contributed by atoms with E-state index < -0.39 is 5.97 Å². The summed E-state index contributed by atoms with van der Waals surface area (Å²) in [4.78, 5) is 23.6. The first-order valence-corrected chi connectivity index (χ1v) is 6.56. The largest absolute Gasteiger partial charge is 0.464 e. The number of nitrogens with one attached hydrogen (secondary N) is 1. The number of anilines is 1. The third-order valence-corrected chi connectivity index (χ3v) is 3.27. The maximum Gasteiger partial charge on any atom is 0.360 e. The molecule has 0 aliphatic carbocycles. The minimum Gasteiger partial charge on any atom is -0.464 e. The van der Waals surface area contributed by atoms with Crippen molar-refractivity contribution in [2.24, 2.45) is 0 Å². The van der Waals surface area contributed by atoms with Crippen LogP contribution in [0.3, 0.4) is 0 Å². The van der Waals surface area contributed by atoms with Gasteiger partial charge in [-0.1, -0.05) is 19.1 Å². The molecule has 0 aliphatic heterocycles. The summed E-state index contributed by atoms with van der Waals surface area (Å²) in [5, 5.41) is 0. The van der Waals surface area contributed by atoms with Crippen molar-refractivity contribution in [1.29, 1.82) is 0 Å². The molecule has 0 bridgehead atoms. The van der Waals surface area contributed by atoms with Crippen LogP contribution in [-0.4, -0.2) is 32.6 Å².